The highest BCUT2D eigenvalue weighted by atomic mass is 35.5. The minimum absolute atomic E-state index is 0.000464. The van der Waals surface area contributed by atoms with Crippen LogP contribution in [0.2, 0.25) is 5.02 Å². The van der Waals surface area contributed by atoms with Crippen LogP contribution in [0.5, 0.6) is 0 Å². The first kappa shape index (κ1) is 13.3. The summed E-state index contributed by atoms with van der Waals surface area (Å²) in [5.41, 5.74) is -0.107. The van der Waals surface area contributed by atoms with Crippen LogP contribution in [0.15, 0.2) is 18.2 Å². The number of benzene rings is 1. The zero-order valence-electron chi connectivity index (χ0n) is 10.1. The van der Waals surface area contributed by atoms with Gasteiger partial charge in [-0.05, 0) is 31.9 Å². The summed E-state index contributed by atoms with van der Waals surface area (Å²) < 4.78 is 19.0. The molecule has 2 atom stereocenters. The van der Waals surface area contributed by atoms with Gasteiger partial charge in [-0.2, -0.15) is 0 Å². The van der Waals surface area contributed by atoms with Crippen molar-refractivity contribution in [1.29, 1.82) is 0 Å². The van der Waals surface area contributed by atoms with Gasteiger partial charge in [0.25, 0.3) is 5.91 Å². The predicted molar refractivity (Wildman–Crippen MR) is 67.3 cm³/mol. The van der Waals surface area contributed by atoms with Crippen LogP contribution < -0.4 is 5.32 Å². The standard InChI is InChI=1S/C13H15ClFNO2/c1-8(11-6-3-7-18-11)16-13(17)12-9(14)4-2-5-10(12)15/h2,4-5,8,11H,3,6-7H2,1H3,(H,16,17)/t8-,11+/m0/s1. The molecule has 0 bridgehead atoms. The van der Waals surface area contributed by atoms with Gasteiger partial charge in [0, 0.05) is 6.61 Å². The number of nitrogens with one attached hydrogen (secondary N) is 1. The van der Waals surface area contributed by atoms with Crippen molar-refractivity contribution in [2.45, 2.75) is 31.9 Å². The molecule has 3 nitrogen and oxygen atoms in total. The fourth-order valence-corrected chi connectivity index (χ4v) is 2.33. The Kier molecular flexibility index (Phi) is 4.19. The molecule has 1 amide bonds. The van der Waals surface area contributed by atoms with Crippen LogP contribution >= 0.6 is 11.6 Å². The van der Waals surface area contributed by atoms with E-state index in [1.165, 1.54) is 18.2 Å². The maximum atomic E-state index is 13.6. The number of amides is 1. The van der Waals surface area contributed by atoms with Crippen molar-refractivity contribution in [3.63, 3.8) is 0 Å². The van der Waals surface area contributed by atoms with Crippen molar-refractivity contribution in [2.24, 2.45) is 0 Å². The minimum atomic E-state index is -0.612. The third-order valence-electron chi connectivity index (χ3n) is 3.07. The van der Waals surface area contributed by atoms with Crippen molar-refractivity contribution in [3.05, 3.63) is 34.6 Å². The van der Waals surface area contributed by atoms with Gasteiger partial charge in [-0.3, -0.25) is 4.79 Å². The molecule has 1 heterocycles. The fraction of sp³-hybridized carbons (Fsp3) is 0.462. The fourth-order valence-electron chi connectivity index (χ4n) is 2.08. The summed E-state index contributed by atoms with van der Waals surface area (Å²) in [7, 11) is 0. The molecule has 0 saturated carbocycles. The van der Waals surface area contributed by atoms with Crippen LogP contribution in [0, 0.1) is 5.82 Å². The van der Waals surface area contributed by atoms with E-state index in [1.54, 1.807) is 0 Å². The van der Waals surface area contributed by atoms with Crippen LogP contribution in [0.25, 0.3) is 0 Å². The summed E-state index contributed by atoms with van der Waals surface area (Å²) in [4.78, 5) is 12.0. The summed E-state index contributed by atoms with van der Waals surface area (Å²) in [6.45, 7) is 2.56. The van der Waals surface area contributed by atoms with E-state index in [9.17, 15) is 9.18 Å². The molecular formula is C13H15ClFNO2. The van der Waals surface area contributed by atoms with Crippen molar-refractivity contribution in [3.8, 4) is 0 Å². The molecule has 1 aromatic rings. The monoisotopic (exact) mass is 271 g/mol. The lowest BCUT2D eigenvalue weighted by atomic mass is 10.1. The van der Waals surface area contributed by atoms with Crippen LogP contribution in [-0.4, -0.2) is 24.7 Å². The molecule has 0 aromatic heterocycles. The third kappa shape index (κ3) is 2.82. The van der Waals surface area contributed by atoms with E-state index < -0.39 is 11.7 Å². The van der Waals surface area contributed by atoms with Crippen molar-refractivity contribution < 1.29 is 13.9 Å². The molecule has 1 saturated heterocycles. The number of carbonyl (C=O) groups excluding carboxylic acids is 1. The van der Waals surface area contributed by atoms with E-state index in [0.29, 0.717) is 6.61 Å². The summed E-state index contributed by atoms with van der Waals surface area (Å²) in [6.07, 6.45) is 1.90. The molecule has 5 heteroatoms. The van der Waals surface area contributed by atoms with Gasteiger partial charge in [0.1, 0.15) is 5.82 Å². The second-order valence-electron chi connectivity index (χ2n) is 4.41. The number of carbonyl (C=O) groups is 1. The Hall–Kier alpha value is -1.13. The minimum Gasteiger partial charge on any atom is -0.376 e. The van der Waals surface area contributed by atoms with Gasteiger partial charge in [0.05, 0.1) is 22.7 Å². The van der Waals surface area contributed by atoms with E-state index in [0.717, 1.165) is 12.8 Å². The molecule has 2 rings (SSSR count). The van der Waals surface area contributed by atoms with Gasteiger partial charge in [0.15, 0.2) is 0 Å². The lowest BCUT2D eigenvalue weighted by Crippen LogP contribution is -2.41. The smallest absolute Gasteiger partial charge is 0.256 e. The molecule has 0 unspecified atom stereocenters. The number of ether oxygens (including phenoxy) is 1. The Labute approximate surface area is 110 Å². The van der Waals surface area contributed by atoms with Gasteiger partial charge >= 0.3 is 0 Å². The maximum absolute atomic E-state index is 13.6. The molecule has 1 N–H and O–H groups in total. The zero-order chi connectivity index (χ0) is 13.1. The number of hydrogen-bond donors (Lipinski definition) is 1. The first-order valence-corrected chi connectivity index (χ1v) is 6.34. The van der Waals surface area contributed by atoms with Crippen LogP contribution in [-0.2, 0) is 4.74 Å². The summed E-state index contributed by atoms with van der Waals surface area (Å²) in [5, 5.41) is 2.85. The zero-order valence-corrected chi connectivity index (χ0v) is 10.8. The highest BCUT2D eigenvalue weighted by Crippen LogP contribution is 2.20. The maximum Gasteiger partial charge on any atom is 0.256 e. The summed E-state index contributed by atoms with van der Waals surface area (Å²) >= 11 is 5.84. The Morgan fingerprint density at radius 3 is 3.00 bits per heavy atom. The molecule has 1 aliphatic rings. The Morgan fingerprint density at radius 1 is 1.61 bits per heavy atom. The van der Waals surface area contributed by atoms with E-state index in [-0.39, 0.29) is 22.7 Å². The third-order valence-corrected chi connectivity index (χ3v) is 3.39. The predicted octanol–water partition coefficient (Wildman–Crippen LogP) is 2.78. The highest BCUT2D eigenvalue weighted by Gasteiger charge is 2.25. The SMILES string of the molecule is C[C@H](NC(=O)c1c(F)cccc1Cl)[C@H]1CCCO1. The van der Waals surface area contributed by atoms with E-state index in [4.69, 9.17) is 16.3 Å². The molecule has 1 aromatic carbocycles. The second kappa shape index (κ2) is 5.67. The molecule has 1 fully saturated rings. The van der Waals surface area contributed by atoms with Gasteiger partial charge in [-0.25, -0.2) is 4.39 Å². The van der Waals surface area contributed by atoms with Crippen LogP contribution in [0.1, 0.15) is 30.1 Å². The summed E-state index contributed by atoms with van der Waals surface area (Å²) in [6, 6.07) is 4.03. The van der Waals surface area contributed by atoms with E-state index in [2.05, 4.69) is 5.32 Å². The lowest BCUT2D eigenvalue weighted by molar-refractivity contribution is 0.0710. The number of hydrogen-bond acceptors (Lipinski definition) is 2. The average Bonchev–Trinajstić information content (AvgIpc) is 2.81. The Balaban J connectivity index is 2.07. The van der Waals surface area contributed by atoms with Crippen molar-refractivity contribution in [2.75, 3.05) is 6.61 Å². The van der Waals surface area contributed by atoms with E-state index >= 15 is 0 Å². The van der Waals surface area contributed by atoms with E-state index in [1.807, 2.05) is 6.92 Å². The van der Waals surface area contributed by atoms with Gasteiger partial charge in [0.2, 0.25) is 0 Å². The first-order chi connectivity index (χ1) is 8.59. The molecule has 18 heavy (non-hydrogen) atoms. The Bertz CT molecular complexity index is 426. The quantitative estimate of drug-likeness (QED) is 0.918. The summed E-state index contributed by atoms with van der Waals surface area (Å²) in [5.74, 6) is -1.11. The van der Waals surface area contributed by atoms with Crippen LogP contribution in [0.4, 0.5) is 4.39 Å². The first-order valence-electron chi connectivity index (χ1n) is 5.96. The average molecular weight is 272 g/mol. The molecule has 0 radical (unpaired) electrons. The normalized spacial score (nSPS) is 20.7. The topological polar surface area (TPSA) is 38.3 Å². The van der Waals surface area contributed by atoms with Gasteiger partial charge in [-0.15, -0.1) is 0 Å². The van der Waals surface area contributed by atoms with Crippen LogP contribution in [0.3, 0.4) is 0 Å². The molecule has 0 aliphatic carbocycles. The molecule has 1 aliphatic heterocycles. The Morgan fingerprint density at radius 2 is 2.39 bits per heavy atom. The number of halogens is 2. The highest BCUT2D eigenvalue weighted by molar-refractivity contribution is 6.33. The molecule has 0 spiro atoms. The molecule has 98 valence electrons. The van der Waals surface area contributed by atoms with Gasteiger partial charge < -0.3 is 10.1 Å². The van der Waals surface area contributed by atoms with Crippen molar-refractivity contribution in [1.82, 2.24) is 5.32 Å². The molecular weight excluding hydrogens is 257 g/mol. The largest absolute Gasteiger partial charge is 0.376 e. The second-order valence-corrected chi connectivity index (χ2v) is 4.82. The lowest BCUT2D eigenvalue weighted by Gasteiger charge is -2.20. The van der Waals surface area contributed by atoms with Gasteiger partial charge in [-0.1, -0.05) is 17.7 Å². The number of rotatable bonds is 3. The van der Waals surface area contributed by atoms with Crippen molar-refractivity contribution >= 4 is 17.5 Å².